The van der Waals surface area contributed by atoms with E-state index in [9.17, 15) is 13.2 Å². The Balaban J connectivity index is 2.03. The Labute approximate surface area is 138 Å². The van der Waals surface area contributed by atoms with Gasteiger partial charge in [0.25, 0.3) is 5.71 Å². The van der Waals surface area contributed by atoms with E-state index in [4.69, 9.17) is 4.52 Å². The van der Waals surface area contributed by atoms with Crippen molar-refractivity contribution >= 4 is 22.4 Å². The summed E-state index contributed by atoms with van der Waals surface area (Å²) in [5.74, 6) is 0. The molecule has 0 atom stereocenters. The van der Waals surface area contributed by atoms with Crippen LogP contribution in [-0.4, -0.2) is 10.1 Å². The van der Waals surface area contributed by atoms with Gasteiger partial charge in [-0.3, -0.25) is 0 Å². The Kier molecular flexibility index (Phi) is 3.38. The largest absolute Gasteiger partial charge is 0.417 e. The van der Waals surface area contributed by atoms with E-state index < -0.39 is 11.7 Å². The van der Waals surface area contributed by atoms with Gasteiger partial charge in [0.05, 0.1) is 21.5 Å². The van der Waals surface area contributed by atoms with Crippen LogP contribution in [0, 0.1) is 0 Å². The van der Waals surface area contributed by atoms with Gasteiger partial charge in [-0.15, -0.1) is 11.3 Å². The third-order valence-electron chi connectivity index (χ3n) is 3.57. The molecule has 4 rings (SSSR count). The third-order valence-corrected chi connectivity index (χ3v) is 4.47. The first kappa shape index (κ1) is 14.9. The number of hydrogen-bond acceptors (Lipinski definition) is 4. The lowest BCUT2D eigenvalue weighted by molar-refractivity contribution is -0.136. The molecule has 0 fully saturated rings. The van der Waals surface area contributed by atoms with E-state index in [2.05, 4.69) is 10.1 Å². The highest BCUT2D eigenvalue weighted by Crippen LogP contribution is 2.41. The van der Waals surface area contributed by atoms with Gasteiger partial charge < -0.3 is 4.52 Å². The summed E-state index contributed by atoms with van der Waals surface area (Å²) in [6, 6.07) is 13.1. The van der Waals surface area contributed by atoms with Crippen molar-refractivity contribution in [2.75, 3.05) is 0 Å². The second kappa shape index (κ2) is 5.45. The highest BCUT2D eigenvalue weighted by atomic mass is 32.1. The summed E-state index contributed by atoms with van der Waals surface area (Å²) in [7, 11) is 0. The zero-order valence-electron chi connectivity index (χ0n) is 12.0. The minimum absolute atomic E-state index is 0.117. The smallest absolute Gasteiger partial charge is 0.335 e. The second-order valence-electron chi connectivity index (χ2n) is 5.11. The maximum absolute atomic E-state index is 13.6. The van der Waals surface area contributed by atoms with E-state index in [0.717, 1.165) is 6.07 Å². The molecule has 3 aromatic heterocycles. The van der Waals surface area contributed by atoms with E-state index >= 15 is 0 Å². The highest BCUT2D eigenvalue weighted by molar-refractivity contribution is 7.13. The Morgan fingerprint density at radius 1 is 1.00 bits per heavy atom. The van der Waals surface area contributed by atoms with Gasteiger partial charge in [0.2, 0.25) is 0 Å². The molecule has 24 heavy (non-hydrogen) atoms. The zero-order valence-corrected chi connectivity index (χ0v) is 12.9. The van der Waals surface area contributed by atoms with Crippen molar-refractivity contribution in [3.05, 3.63) is 59.5 Å². The van der Waals surface area contributed by atoms with Crippen LogP contribution in [0.3, 0.4) is 0 Å². The van der Waals surface area contributed by atoms with Crippen LogP contribution in [0.4, 0.5) is 13.2 Å². The fraction of sp³-hybridized carbons (Fsp3) is 0.0588. The van der Waals surface area contributed by atoms with Gasteiger partial charge in [0, 0.05) is 5.56 Å². The van der Waals surface area contributed by atoms with Crippen LogP contribution in [0.15, 0.2) is 58.4 Å². The van der Waals surface area contributed by atoms with Crippen LogP contribution >= 0.6 is 11.3 Å². The lowest BCUT2D eigenvalue weighted by Gasteiger charge is -2.10. The van der Waals surface area contributed by atoms with Crippen LogP contribution < -0.4 is 0 Å². The fourth-order valence-corrected chi connectivity index (χ4v) is 3.20. The van der Waals surface area contributed by atoms with Gasteiger partial charge in [-0.05, 0) is 17.5 Å². The van der Waals surface area contributed by atoms with Gasteiger partial charge in [-0.25, -0.2) is 4.98 Å². The molecule has 0 aliphatic heterocycles. The third kappa shape index (κ3) is 2.46. The number of nitrogens with zero attached hydrogens (tertiary/aromatic N) is 2. The van der Waals surface area contributed by atoms with Crippen molar-refractivity contribution in [1.82, 2.24) is 10.1 Å². The molecule has 0 saturated carbocycles. The topological polar surface area (TPSA) is 38.9 Å². The molecule has 0 amide bonds. The monoisotopic (exact) mass is 346 g/mol. The number of alkyl halides is 3. The Morgan fingerprint density at radius 3 is 2.46 bits per heavy atom. The number of rotatable bonds is 2. The summed E-state index contributed by atoms with van der Waals surface area (Å²) < 4.78 is 46.0. The number of aromatic nitrogens is 2. The van der Waals surface area contributed by atoms with E-state index in [1.54, 1.807) is 47.8 Å². The summed E-state index contributed by atoms with van der Waals surface area (Å²) in [6.45, 7) is 0. The molecule has 0 saturated heterocycles. The first-order valence-electron chi connectivity index (χ1n) is 7.01. The van der Waals surface area contributed by atoms with Gasteiger partial charge in [0.1, 0.15) is 5.69 Å². The van der Waals surface area contributed by atoms with Crippen molar-refractivity contribution in [3.8, 4) is 21.8 Å². The number of hydrogen-bond donors (Lipinski definition) is 0. The lowest BCUT2D eigenvalue weighted by atomic mass is 10.0. The summed E-state index contributed by atoms with van der Waals surface area (Å²) in [6.07, 6.45) is -4.54. The molecule has 3 heterocycles. The van der Waals surface area contributed by atoms with Crippen molar-refractivity contribution in [2.45, 2.75) is 6.18 Å². The van der Waals surface area contributed by atoms with Crippen molar-refractivity contribution in [3.63, 3.8) is 0 Å². The number of halogens is 3. The number of thiophene rings is 1. The standard InChI is InChI=1S/C17H9F3N2OS/c18-17(19,20)11-9-12(13-7-4-8-24-13)21-16-14(11)15(22-23-16)10-5-2-1-3-6-10/h1-9H. The summed E-state index contributed by atoms with van der Waals surface area (Å²) >= 11 is 1.32. The molecule has 4 aromatic rings. The molecule has 120 valence electrons. The Hall–Kier alpha value is -2.67. The number of benzene rings is 1. The normalized spacial score (nSPS) is 12.0. The van der Waals surface area contributed by atoms with Crippen LogP contribution in [0.25, 0.3) is 32.9 Å². The van der Waals surface area contributed by atoms with Crippen LogP contribution in [0.5, 0.6) is 0 Å². The maximum Gasteiger partial charge on any atom is 0.417 e. The molecule has 3 nitrogen and oxygen atoms in total. The lowest BCUT2D eigenvalue weighted by Crippen LogP contribution is -2.07. The van der Waals surface area contributed by atoms with E-state index in [0.29, 0.717) is 10.4 Å². The molecule has 0 bridgehead atoms. The van der Waals surface area contributed by atoms with Gasteiger partial charge in [-0.2, -0.15) is 13.2 Å². The number of pyridine rings is 1. The molecule has 0 unspecified atom stereocenters. The van der Waals surface area contributed by atoms with Crippen molar-refractivity contribution in [2.24, 2.45) is 0 Å². The fourth-order valence-electron chi connectivity index (χ4n) is 2.52. The minimum Gasteiger partial charge on any atom is -0.335 e. The van der Waals surface area contributed by atoms with Crippen LogP contribution in [-0.2, 0) is 6.18 Å². The average Bonchev–Trinajstić information content (AvgIpc) is 3.23. The molecule has 0 aliphatic rings. The highest BCUT2D eigenvalue weighted by Gasteiger charge is 2.36. The average molecular weight is 346 g/mol. The molecule has 0 N–H and O–H groups in total. The first-order chi connectivity index (χ1) is 11.5. The van der Waals surface area contributed by atoms with Crippen LogP contribution in [0.1, 0.15) is 5.56 Å². The van der Waals surface area contributed by atoms with Gasteiger partial charge in [0.15, 0.2) is 0 Å². The van der Waals surface area contributed by atoms with E-state index in [-0.39, 0.29) is 22.5 Å². The van der Waals surface area contributed by atoms with E-state index in [1.807, 2.05) is 0 Å². The molecular formula is C17H9F3N2OS. The van der Waals surface area contributed by atoms with E-state index in [1.165, 1.54) is 11.3 Å². The SMILES string of the molecule is FC(F)(F)c1cc(-c2cccs2)nc2onc(-c3ccccc3)c12. The molecule has 0 radical (unpaired) electrons. The summed E-state index contributed by atoms with van der Waals surface area (Å²) in [4.78, 5) is 4.86. The predicted molar refractivity (Wildman–Crippen MR) is 85.6 cm³/mol. The summed E-state index contributed by atoms with van der Waals surface area (Å²) in [5, 5.41) is 5.49. The molecular weight excluding hydrogens is 337 g/mol. The van der Waals surface area contributed by atoms with Crippen molar-refractivity contribution < 1.29 is 17.7 Å². The Morgan fingerprint density at radius 2 is 1.79 bits per heavy atom. The molecule has 0 spiro atoms. The maximum atomic E-state index is 13.6. The first-order valence-corrected chi connectivity index (χ1v) is 7.89. The summed E-state index contributed by atoms with van der Waals surface area (Å²) in [5.41, 5.74) is -0.000698. The molecule has 7 heteroatoms. The molecule has 1 aromatic carbocycles. The van der Waals surface area contributed by atoms with Gasteiger partial charge in [-0.1, -0.05) is 41.6 Å². The molecule has 0 aliphatic carbocycles. The quantitative estimate of drug-likeness (QED) is 0.472. The van der Waals surface area contributed by atoms with Crippen molar-refractivity contribution in [1.29, 1.82) is 0 Å². The Bertz CT molecular complexity index is 992. The second-order valence-corrected chi connectivity index (χ2v) is 6.06. The minimum atomic E-state index is -4.54. The predicted octanol–water partition coefficient (Wildman–Crippen LogP) is 5.64. The number of fused-ring (bicyclic) bond motifs is 1. The van der Waals surface area contributed by atoms with Gasteiger partial charge >= 0.3 is 6.18 Å². The van der Waals surface area contributed by atoms with Crippen LogP contribution in [0.2, 0.25) is 0 Å². The zero-order chi connectivity index (χ0) is 16.7.